The van der Waals surface area contributed by atoms with Gasteiger partial charge in [-0.1, -0.05) is 0 Å². The predicted octanol–water partition coefficient (Wildman–Crippen LogP) is -0.299. The van der Waals surface area contributed by atoms with E-state index in [1.54, 1.807) is 4.90 Å². The van der Waals surface area contributed by atoms with Gasteiger partial charge in [-0.2, -0.15) is 0 Å². The second kappa shape index (κ2) is 1.71. The maximum atomic E-state index is 10.9. The summed E-state index contributed by atoms with van der Waals surface area (Å²) in [5, 5.41) is 2.27. The Balaban J connectivity index is 2.27. The number of urea groups is 1. The van der Waals surface area contributed by atoms with E-state index < -0.39 is 0 Å². The van der Waals surface area contributed by atoms with Gasteiger partial charge >= 0.3 is 6.03 Å². The zero-order valence-electron chi connectivity index (χ0n) is 5.46. The molecule has 2 aliphatic heterocycles. The molecule has 4 nitrogen and oxygen atoms in total. The molecule has 0 bridgehead atoms. The van der Waals surface area contributed by atoms with Gasteiger partial charge in [-0.15, -0.1) is 0 Å². The third-order valence-electron chi connectivity index (χ3n) is 2.05. The van der Waals surface area contributed by atoms with Gasteiger partial charge in [0.2, 0.25) is 0 Å². The SMILES string of the molecule is O=C1NC(=O)N2CCCC12. The van der Waals surface area contributed by atoms with Crippen LogP contribution in [0.3, 0.4) is 0 Å². The van der Waals surface area contributed by atoms with Gasteiger partial charge in [-0.05, 0) is 12.8 Å². The van der Waals surface area contributed by atoms with Crippen LogP contribution >= 0.6 is 0 Å². The van der Waals surface area contributed by atoms with Crippen LogP contribution in [0.2, 0.25) is 0 Å². The zero-order chi connectivity index (χ0) is 7.14. The van der Waals surface area contributed by atoms with E-state index in [2.05, 4.69) is 5.32 Å². The lowest BCUT2D eigenvalue weighted by Crippen LogP contribution is -2.28. The lowest BCUT2D eigenvalue weighted by molar-refractivity contribution is -0.120. The lowest BCUT2D eigenvalue weighted by atomic mass is 10.2. The van der Waals surface area contributed by atoms with E-state index in [-0.39, 0.29) is 18.0 Å². The Morgan fingerprint density at radius 2 is 2.30 bits per heavy atom. The molecule has 4 heteroatoms. The van der Waals surface area contributed by atoms with Crippen LogP contribution in [0.15, 0.2) is 0 Å². The Morgan fingerprint density at radius 3 is 3.00 bits per heavy atom. The summed E-state index contributed by atoms with van der Waals surface area (Å²) in [6.07, 6.45) is 1.79. The number of carbonyl (C=O) groups excluding carboxylic acids is 2. The smallest absolute Gasteiger partial charge is 0.312 e. The summed E-state index contributed by atoms with van der Waals surface area (Å²) in [4.78, 5) is 23.4. The summed E-state index contributed by atoms with van der Waals surface area (Å²) in [5.41, 5.74) is 0. The molecule has 0 spiro atoms. The maximum Gasteiger partial charge on any atom is 0.324 e. The molecular weight excluding hydrogens is 132 g/mol. The number of nitrogens with zero attached hydrogens (tertiary/aromatic N) is 1. The van der Waals surface area contributed by atoms with Crippen molar-refractivity contribution in [2.24, 2.45) is 0 Å². The van der Waals surface area contributed by atoms with Crippen LogP contribution in [0, 0.1) is 0 Å². The number of nitrogens with one attached hydrogen (secondary N) is 1. The molecule has 2 fully saturated rings. The summed E-state index contributed by atoms with van der Waals surface area (Å²) in [6.45, 7) is 0.738. The minimum absolute atomic E-state index is 0.123. The number of hydrogen-bond donors (Lipinski definition) is 1. The van der Waals surface area contributed by atoms with E-state index in [9.17, 15) is 9.59 Å². The fourth-order valence-corrected chi connectivity index (χ4v) is 1.54. The van der Waals surface area contributed by atoms with E-state index in [1.165, 1.54) is 0 Å². The van der Waals surface area contributed by atoms with E-state index >= 15 is 0 Å². The number of amides is 3. The quantitative estimate of drug-likeness (QED) is 0.470. The van der Waals surface area contributed by atoms with Gasteiger partial charge < -0.3 is 4.90 Å². The van der Waals surface area contributed by atoms with E-state index in [4.69, 9.17) is 0 Å². The van der Waals surface area contributed by atoms with Crippen molar-refractivity contribution in [1.29, 1.82) is 0 Å². The van der Waals surface area contributed by atoms with Crippen molar-refractivity contribution in [2.45, 2.75) is 18.9 Å². The van der Waals surface area contributed by atoms with Crippen molar-refractivity contribution in [2.75, 3.05) is 6.54 Å². The van der Waals surface area contributed by atoms with E-state index in [1.807, 2.05) is 0 Å². The average Bonchev–Trinajstić information content (AvgIpc) is 2.39. The largest absolute Gasteiger partial charge is 0.324 e. The van der Waals surface area contributed by atoms with Gasteiger partial charge in [0.05, 0.1) is 0 Å². The van der Waals surface area contributed by atoms with Gasteiger partial charge in [0.1, 0.15) is 6.04 Å². The minimum atomic E-state index is -0.215. The fourth-order valence-electron chi connectivity index (χ4n) is 1.54. The molecule has 3 amide bonds. The predicted molar refractivity (Wildman–Crippen MR) is 33.3 cm³/mol. The second-order valence-corrected chi connectivity index (χ2v) is 2.65. The van der Waals surface area contributed by atoms with Crippen LogP contribution in [0.25, 0.3) is 0 Å². The van der Waals surface area contributed by atoms with Crippen molar-refractivity contribution in [1.82, 2.24) is 10.2 Å². The highest BCUT2D eigenvalue weighted by Gasteiger charge is 2.40. The summed E-state index contributed by atoms with van der Waals surface area (Å²) in [6, 6.07) is -0.361. The molecule has 2 aliphatic rings. The van der Waals surface area contributed by atoms with Crippen LogP contribution in [0.4, 0.5) is 4.79 Å². The summed E-state index contributed by atoms with van der Waals surface area (Å²) in [7, 11) is 0. The second-order valence-electron chi connectivity index (χ2n) is 2.65. The highest BCUT2D eigenvalue weighted by molar-refractivity contribution is 6.04. The molecule has 0 aromatic carbocycles. The first kappa shape index (κ1) is 5.70. The van der Waals surface area contributed by atoms with Crippen molar-refractivity contribution < 1.29 is 9.59 Å². The van der Waals surface area contributed by atoms with Gasteiger partial charge in [0.25, 0.3) is 5.91 Å². The molecule has 10 heavy (non-hydrogen) atoms. The molecule has 0 aliphatic carbocycles. The highest BCUT2D eigenvalue weighted by atomic mass is 16.2. The molecule has 54 valence electrons. The minimum Gasteiger partial charge on any atom is -0.312 e. The Kier molecular flexibility index (Phi) is 0.977. The molecule has 1 N–H and O–H groups in total. The van der Waals surface area contributed by atoms with Crippen molar-refractivity contribution in [3.8, 4) is 0 Å². The number of imide groups is 1. The maximum absolute atomic E-state index is 10.9. The third-order valence-corrected chi connectivity index (χ3v) is 2.05. The first-order valence-electron chi connectivity index (χ1n) is 3.40. The van der Waals surface area contributed by atoms with Crippen LogP contribution in [0.1, 0.15) is 12.8 Å². The van der Waals surface area contributed by atoms with Crippen molar-refractivity contribution in [3.63, 3.8) is 0 Å². The Hall–Kier alpha value is -1.06. The zero-order valence-corrected chi connectivity index (χ0v) is 5.46. The highest BCUT2D eigenvalue weighted by Crippen LogP contribution is 2.20. The number of carbonyl (C=O) groups is 2. The van der Waals surface area contributed by atoms with Crippen molar-refractivity contribution >= 4 is 11.9 Å². The first-order chi connectivity index (χ1) is 4.79. The number of rotatable bonds is 0. The first-order valence-corrected chi connectivity index (χ1v) is 3.40. The molecule has 0 saturated carbocycles. The molecule has 1 atom stereocenters. The van der Waals surface area contributed by atoms with Crippen LogP contribution < -0.4 is 5.32 Å². The van der Waals surface area contributed by atoms with Crippen LogP contribution in [-0.4, -0.2) is 29.4 Å². The normalized spacial score (nSPS) is 30.8. The van der Waals surface area contributed by atoms with E-state index in [0.29, 0.717) is 0 Å². The Labute approximate surface area is 58.2 Å². The van der Waals surface area contributed by atoms with Gasteiger partial charge in [0, 0.05) is 6.54 Å². The van der Waals surface area contributed by atoms with Crippen LogP contribution in [-0.2, 0) is 4.79 Å². The summed E-state index contributed by atoms with van der Waals surface area (Å²) < 4.78 is 0. The van der Waals surface area contributed by atoms with Crippen molar-refractivity contribution in [3.05, 3.63) is 0 Å². The Bertz CT molecular complexity index is 182. The molecule has 2 rings (SSSR count). The molecule has 1 unspecified atom stereocenters. The van der Waals surface area contributed by atoms with Gasteiger partial charge in [-0.25, -0.2) is 4.79 Å². The number of fused-ring (bicyclic) bond motifs is 1. The Morgan fingerprint density at radius 1 is 1.50 bits per heavy atom. The van der Waals surface area contributed by atoms with E-state index in [0.717, 1.165) is 19.4 Å². The summed E-state index contributed by atoms with van der Waals surface area (Å²) in [5.74, 6) is -0.123. The molecular formula is C6H8N2O2. The fraction of sp³-hybridized carbons (Fsp3) is 0.667. The number of hydrogen-bond acceptors (Lipinski definition) is 2. The van der Waals surface area contributed by atoms with Gasteiger partial charge in [-0.3, -0.25) is 10.1 Å². The monoisotopic (exact) mass is 140 g/mol. The van der Waals surface area contributed by atoms with Crippen LogP contribution in [0.5, 0.6) is 0 Å². The summed E-state index contributed by atoms with van der Waals surface area (Å²) >= 11 is 0. The standard InChI is InChI=1S/C6H8N2O2/c9-5-4-2-1-3-8(4)6(10)7-5/h4H,1-3H2,(H,7,9,10). The molecule has 0 aromatic heterocycles. The topological polar surface area (TPSA) is 49.4 Å². The van der Waals surface area contributed by atoms with Gasteiger partial charge in [0.15, 0.2) is 0 Å². The molecule has 2 heterocycles. The average molecular weight is 140 g/mol. The molecule has 0 radical (unpaired) electrons. The third kappa shape index (κ3) is 0.558. The molecule has 2 saturated heterocycles. The lowest BCUT2D eigenvalue weighted by Gasteiger charge is -2.09. The molecule has 0 aromatic rings.